The SMILES string of the molecule is CC(C)(C)c1cccc(S(=O)(=O)n2c(CCCC(=O)O)cc3cc(C(F)(F)F)ccc32)c1. The lowest BCUT2D eigenvalue weighted by atomic mass is 9.87. The van der Waals surface area contributed by atoms with Crippen LogP contribution >= 0.6 is 0 Å². The van der Waals surface area contributed by atoms with E-state index in [0.717, 1.165) is 27.7 Å². The van der Waals surface area contributed by atoms with E-state index in [9.17, 15) is 26.4 Å². The molecule has 0 spiro atoms. The summed E-state index contributed by atoms with van der Waals surface area (Å²) in [6.45, 7) is 5.83. The zero-order valence-corrected chi connectivity index (χ0v) is 18.7. The normalized spacial score (nSPS) is 12.9. The van der Waals surface area contributed by atoms with Crippen molar-refractivity contribution in [3.05, 3.63) is 65.4 Å². The summed E-state index contributed by atoms with van der Waals surface area (Å²) in [6.07, 6.45) is -4.52. The van der Waals surface area contributed by atoms with Crippen molar-refractivity contribution in [3.8, 4) is 0 Å². The van der Waals surface area contributed by atoms with Crippen LogP contribution in [0.25, 0.3) is 10.9 Å². The fourth-order valence-electron chi connectivity index (χ4n) is 3.53. The van der Waals surface area contributed by atoms with Crippen molar-refractivity contribution < 1.29 is 31.5 Å². The summed E-state index contributed by atoms with van der Waals surface area (Å²) in [4.78, 5) is 10.9. The molecular weight excluding hydrogens is 443 g/mol. The number of benzene rings is 2. The molecule has 32 heavy (non-hydrogen) atoms. The molecule has 1 N–H and O–H groups in total. The number of aliphatic carboxylic acids is 1. The van der Waals surface area contributed by atoms with Gasteiger partial charge >= 0.3 is 12.1 Å². The molecule has 5 nitrogen and oxygen atoms in total. The largest absolute Gasteiger partial charge is 0.481 e. The number of rotatable bonds is 6. The van der Waals surface area contributed by atoms with Gasteiger partial charge in [0.15, 0.2) is 0 Å². The maximum Gasteiger partial charge on any atom is 0.416 e. The van der Waals surface area contributed by atoms with Gasteiger partial charge in [-0.25, -0.2) is 12.4 Å². The van der Waals surface area contributed by atoms with E-state index >= 15 is 0 Å². The first-order valence-corrected chi connectivity index (χ1v) is 11.4. The molecule has 9 heteroatoms. The molecule has 0 saturated heterocycles. The quantitative estimate of drug-likeness (QED) is 0.512. The molecule has 1 aromatic heterocycles. The topological polar surface area (TPSA) is 76.4 Å². The van der Waals surface area contributed by atoms with E-state index in [0.29, 0.717) is 0 Å². The molecule has 0 aliphatic carbocycles. The molecule has 1 heterocycles. The molecule has 0 amide bonds. The number of carboxylic acid groups (broad SMARTS) is 1. The highest BCUT2D eigenvalue weighted by Gasteiger charge is 2.32. The van der Waals surface area contributed by atoms with Crippen molar-refractivity contribution in [1.82, 2.24) is 3.97 Å². The van der Waals surface area contributed by atoms with Crippen molar-refractivity contribution >= 4 is 26.9 Å². The van der Waals surface area contributed by atoms with Gasteiger partial charge in [-0.3, -0.25) is 4.79 Å². The van der Waals surface area contributed by atoms with Crippen LogP contribution < -0.4 is 0 Å². The molecule has 172 valence electrons. The second-order valence-electron chi connectivity index (χ2n) is 8.70. The van der Waals surface area contributed by atoms with Crippen molar-refractivity contribution in [3.63, 3.8) is 0 Å². The summed E-state index contributed by atoms with van der Waals surface area (Å²) in [5, 5.41) is 9.05. The third-order valence-electron chi connectivity index (χ3n) is 5.22. The Morgan fingerprint density at radius 1 is 1.00 bits per heavy atom. The molecule has 0 saturated carbocycles. The lowest BCUT2D eigenvalue weighted by Crippen LogP contribution is -2.18. The fraction of sp³-hybridized carbons (Fsp3) is 0.348. The first kappa shape index (κ1) is 23.8. The van der Waals surface area contributed by atoms with Crippen molar-refractivity contribution in [2.75, 3.05) is 0 Å². The van der Waals surface area contributed by atoms with Crippen LogP contribution in [0.2, 0.25) is 0 Å². The Hall–Kier alpha value is -2.81. The fourth-order valence-corrected chi connectivity index (χ4v) is 5.15. The van der Waals surface area contributed by atoms with Crippen LogP contribution in [0.5, 0.6) is 0 Å². The standard InChI is InChI=1S/C23H24F3NO4S/c1-22(2,3)16-6-4-8-19(14-16)32(30,31)27-18(7-5-9-21(28)29)13-15-12-17(23(24,25)26)10-11-20(15)27/h4,6,8,10-14H,5,7,9H2,1-3H3,(H,28,29). The lowest BCUT2D eigenvalue weighted by molar-refractivity contribution is -0.138. The average Bonchev–Trinajstić information content (AvgIpc) is 3.04. The average molecular weight is 468 g/mol. The van der Waals surface area contributed by atoms with Crippen LogP contribution in [-0.4, -0.2) is 23.5 Å². The Kier molecular flexibility index (Phi) is 6.16. The summed E-state index contributed by atoms with van der Waals surface area (Å²) >= 11 is 0. The monoisotopic (exact) mass is 467 g/mol. The first-order chi connectivity index (χ1) is 14.7. The van der Waals surface area contributed by atoms with Crippen LogP contribution in [0.1, 0.15) is 50.4 Å². The van der Waals surface area contributed by atoms with Gasteiger partial charge in [-0.1, -0.05) is 32.9 Å². The van der Waals surface area contributed by atoms with Crippen molar-refractivity contribution in [2.24, 2.45) is 0 Å². The highest BCUT2D eigenvalue weighted by atomic mass is 32.2. The highest BCUT2D eigenvalue weighted by molar-refractivity contribution is 7.90. The molecule has 0 fully saturated rings. The summed E-state index contributed by atoms with van der Waals surface area (Å²) in [6, 6.07) is 10.7. The van der Waals surface area contributed by atoms with Gasteiger partial charge in [-0.05, 0) is 60.2 Å². The number of halogens is 3. The van der Waals surface area contributed by atoms with E-state index in [-0.39, 0.29) is 46.2 Å². The Labute approximate surface area is 184 Å². The predicted octanol–water partition coefficient (Wildman–Crippen LogP) is 5.60. The predicted molar refractivity (Wildman–Crippen MR) is 115 cm³/mol. The van der Waals surface area contributed by atoms with Crippen LogP contribution in [-0.2, 0) is 32.8 Å². The number of aryl methyl sites for hydroxylation is 1. The van der Waals surface area contributed by atoms with Gasteiger partial charge in [0.1, 0.15) is 0 Å². The highest BCUT2D eigenvalue weighted by Crippen LogP contribution is 2.34. The molecule has 0 aliphatic heterocycles. The van der Waals surface area contributed by atoms with Gasteiger partial charge in [-0.15, -0.1) is 0 Å². The molecular formula is C23H24F3NO4S. The number of alkyl halides is 3. The maximum atomic E-state index is 13.6. The maximum absolute atomic E-state index is 13.6. The zero-order valence-electron chi connectivity index (χ0n) is 17.9. The van der Waals surface area contributed by atoms with Gasteiger partial charge in [0.2, 0.25) is 0 Å². The summed E-state index contributed by atoms with van der Waals surface area (Å²) in [7, 11) is -4.15. The number of fused-ring (bicyclic) bond motifs is 1. The van der Waals surface area contributed by atoms with Crippen LogP contribution in [0.15, 0.2) is 53.4 Å². The van der Waals surface area contributed by atoms with Gasteiger partial charge in [0.25, 0.3) is 10.0 Å². The number of carbonyl (C=O) groups is 1. The molecule has 0 unspecified atom stereocenters. The molecule has 0 bridgehead atoms. The smallest absolute Gasteiger partial charge is 0.416 e. The number of carboxylic acids is 1. The van der Waals surface area contributed by atoms with E-state index in [1.807, 2.05) is 26.8 Å². The van der Waals surface area contributed by atoms with Gasteiger partial charge in [-0.2, -0.15) is 13.2 Å². The Balaban J connectivity index is 2.21. The number of hydrogen-bond acceptors (Lipinski definition) is 3. The molecule has 2 aromatic carbocycles. The first-order valence-electron chi connectivity index (χ1n) is 10.0. The third-order valence-corrected chi connectivity index (χ3v) is 6.98. The van der Waals surface area contributed by atoms with E-state index in [1.54, 1.807) is 12.1 Å². The minimum Gasteiger partial charge on any atom is -0.481 e. The van der Waals surface area contributed by atoms with Gasteiger partial charge in [0.05, 0.1) is 16.0 Å². The van der Waals surface area contributed by atoms with Crippen molar-refractivity contribution in [1.29, 1.82) is 0 Å². The van der Waals surface area contributed by atoms with E-state index < -0.39 is 27.7 Å². The molecule has 0 atom stereocenters. The van der Waals surface area contributed by atoms with Crippen LogP contribution in [0.4, 0.5) is 13.2 Å². The van der Waals surface area contributed by atoms with Crippen LogP contribution in [0, 0.1) is 0 Å². The van der Waals surface area contributed by atoms with Gasteiger partial charge in [0, 0.05) is 17.5 Å². The lowest BCUT2D eigenvalue weighted by Gasteiger charge is -2.20. The molecule has 3 aromatic rings. The summed E-state index contributed by atoms with van der Waals surface area (Å²) in [5.74, 6) is -1.03. The molecule has 3 rings (SSSR count). The summed E-state index contributed by atoms with van der Waals surface area (Å²) < 4.78 is 67.8. The summed E-state index contributed by atoms with van der Waals surface area (Å²) in [5.41, 5.74) is -0.0460. The zero-order chi connectivity index (χ0) is 23.9. The number of aromatic nitrogens is 1. The Morgan fingerprint density at radius 3 is 2.28 bits per heavy atom. The minimum absolute atomic E-state index is 0.0156. The number of nitrogens with zero attached hydrogens (tertiary/aromatic N) is 1. The van der Waals surface area contributed by atoms with Crippen molar-refractivity contribution in [2.45, 2.75) is 56.5 Å². The van der Waals surface area contributed by atoms with E-state index in [4.69, 9.17) is 5.11 Å². The van der Waals surface area contributed by atoms with E-state index in [1.165, 1.54) is 12.1 Å². The Morgan fingerprint density at radius 2 is 1.69 bits per heavy atom. The minimum atomic E-state index is -4.57. The van der Waals surface area contributed by atoms with Gasteiger partial charge < -0.3 is 5.11 Å². The second kappa shape index (κ2) is 8.27. The molecule has 0 aliphatic rings. The second-order valence-corrected chi connectivity index (χ2v) is 10.5. The Bertz CT molecular complexity index is 1270. The van der Waals surface area contributed by atoms with Crippen LogP contribution in [0.3, 0.4) is 0 Å². The number of hydrogen-bond donors (Lipinski definition) is 1. The third kappa shape index (κ3) is 4.82. The molecule has 0 radical (unpaired) electrons. The van der Waals surface area contributed by atoms with E-state index in [2.05, 4.69) is 0 Å².